The lowest BCUT2D eigenvalue weighted by atomic mass is 9.82. The molecule has 1 fully saturated rings. The SMILES string of the molecule is CCCCCc1ccc(-c2ccc(-c3cc4c(c5ccccc35)C=CC(c3ccccc3)(c3ccc(N5CCCCC5)cc3)O4)cc2)cc1. The van der Waals surface area contributed by atoms with E-state index in [9.17, 15) is 0 Å². The molecule has 0 bridgehead atoms. The first-order valence-corrected chi connectivity index (χ1v) is 18.3. The molecule has 1 atom stereocenters. The summed E-state index contributed by atoms with van der Waals surface area (Å²) in [5.41, 5.74) is 10.2. The molecule has 244 valence electrons. The van der Waals surface area contributed by atoms with E-state index in [2.05, 4.69) is 157 Å². The highest BCUT2D eigenvalue weighted by molar-refractivity contribution is 6.03. The fraction of sp³-hybridized carbons (Fsp3) is 0.234. The van der Waals surface area contributed by atoms with Gasteiger partial charge in [-0.15, -0.1) is 0 Å². The van der Waals surface area contributed by atoms with Gasteiger partial charge in [0.15, 0.2) is 5.60 Å². The van der Waals surface area contributed by atoms with Gasteiger partial charge in [-0.3, -0.25) is 0 Å². The van der Waals surface area contributed by atoms with E-state index in [0.29, 0.717) is 0 Å². The third-order valence-corrected chi connectivity index (χ3v) is 10.6. The molecule has 8 rings (SSSR count). The summed E-state index contributed by atoms with van der Waals surface area (Å²) in [4.78, 5) is 2.52. The molecule has 6 aromatic rings. The smallest absolute Gasteiger partial charge is 0.178 e. The molecular weight excluding hydrogens is 595 g/mol. The minimum Gasteiger partial charge on any atom is -0.473 e. The van der Waals surface area contributed by atoms with Crippen LogP contribution in [0.5, 0.6) is 5.75 Å². The summed E-state index contributed by atoms with van der Waals surface area (Å²) in [5, 5.41) is 2.44. The van der Waals surface area contributed by atoms with Crippen LogP contribution in [-0.4, -0.2) is 13.1 Å². The molecule has 2 heterocycles. The van der Waals surface area contributed by atoms with Crippen LogP contribution in [0.3, 0.4) is 0 Å². The lowest BCUT2D eigenvalue weighted by molar-refractivity contribution is 0.161. The van der Waals surface area contributed by atoms with E-state index in [4.69, 9.17) is 4.74 Å². The Morgan fingerprint density at radius 2 is 1.24 bits per heavy atom. The third kappa shape index (κ3) is 6.17. The summed E-state index contributed by atoms with van der Waals surface area (Å²) in [6.07, 6.45) is 13.4. The van der Waals surface area contributed by atoms with Crippen molar-refractivity contribution in [2.75, 3.05) is 18.0 Å². The van der Waals surface area contributed by atoms with Gasteiger partial charge in [-0.1, -0.05) is 135 Å². The molecule has 2 aliphatic rings. The van der Waals surface area contributed by atoms with Crippen LogP contribution in [0.25, 0.3) is 39.1 Å². The Morgan fingerprint density at radius 1 is 0.612 bits per heavy atom. The molecule has 0 spiro atoms. The van der Waals surface area contributed by atoms with Gasteiger partial charge in [-0.25, -0.2) is 0 Å². The second kappa shape index (κ2) is 13.8. The number of hydrogen-bond donors (Lipinski definition) is 0. The van der Waals surface area contributed by atoms with Gasteiger partial charge in [0.05, 0.1) is 0 Å². The molecule has 0 aromatic heterocycles. The number of fused-ring (bicyclic) bond motifs is 3. The molecule has 49 heavy (non-hydrogen) atoms. The predicted octanol–water partition coefficient (Wildman–Crippen LogP) is 12.2. The average molecular weight is 640 g/mol. The third-order valence-electron chi connectivity index (χ3n) is 10.6. The van der Waals surface area contributed by atoms with Gasteiger partial charge >= 0.3 is 0 Å². The van der Waals surface area contributed by atoms with E-state index >= 15 is 0 Å². The highest BCUT2D eigenvalue weighted by atomic mass is 16.5. The average Bonchev–Trinajstić information content (AvgIpc) is 3.18. The summed E-state index contributed by atoms with van der Waals surface area (Å²) in [6.45, 7) is 4.53. The first-order chi connectivity index (χ1) is 24.2. The monoisotopic (exact) mass is 639 g/mol. The number of benzene rings is 6. The fourth-order valence-electron chi connectivity index (χ4n) is 7.80. The Morgan fingerprint density at radius 3 is 1.96 bits per heavy atom. The Balaban J connectivity index is 1.16. The molecule has 0 radical (unpaired) electrons. The van der Waals surface area contributed by atoms with Crippen molar-refractivity contribution in [3.63, 3.8) is 0 Å². The van der Waals surface area contributed by atoms with Crippen LogP contribution in [0.15, 0.2) is 140 Å². The van der Waals surface area contributed by atoms with Crippen LogP contribution < -0.4 is 9.64 Å². The van der Waals surface area contributed by atoms with Crippen molar-refractivity contribution >= 4 is 22.5 Å². The largest absolute Gasteiger partial charge is 0.473 e. The van der Waals surface area contributed by atoms with Crippen LogP contribution in [0.1, 0.15) is 67.7 Å². The van der Waals surface area contributed by atoms with Crippen molar-refractivity contribution < 1.29 is 4.74 Å². The zero-order valence-electron chi connectivity index (χ0n) is 28.6. The number of hydrogen-bond acceptors (Lipinski definition) is 2. The minimum absolute atomic E-state index is 0.735. The number of ether oxygens (including phenoxy) is 1. The number of anilines is 1. The first kappa shape index (κ1) is 31.2. The number of unbranched alkanes of at least 4 members (excludes halogenated alkanes) is 2. The van der Waals surface area contributed by atoms with Gasteiger partial charge in [0, 0.05) is 35.5 Å². The maximum absolute atomic E-state index is 7.29. The first-order valence-electron chi connectivity index (χ1n) is 18.3. The Bertz CT molecular complexity index is 2050. The quantitative estimate of drug-likeness (QED) is 0.146. The number of aryl methyl sites for hydroxylation is 1. The van der Waals surface area contributed by atoms with Crippen molar-refractivity contribution in [3.05, 3.63) is 162 Å². The van der Waals surface area contributed by atoms with Gasteiger partial charge in [-0.05, 0) is 101 Å². The van der Waals surface area contributed by atoms with Crippen LogP contribution in [0, 0.1) is 0 Å². The van der Waals surface area contributed by atoms with Crippen molar-refractivity contribution in [1.29, 1.82) is 0 Å². The number of piperidine rings is 1. The van der Waals surface area contributed by atoms with E-state index < -0.39 is 5.60 Å². The van der Waals surface area contributed by atoms with E-state index in [-0.39, 0.29) is 0 Å². The highest BCUT2D eigenvalue weighted by Gasteiger charge is 2.37. The van der Waals surface area contributed by atoms with Crippen molar-refractivity contribution in [2.45, 2.75) is 57.5 Å². The van der Waals surface area contributed by atoms with Gasteiger partial charge in [0.2, 0.25) is 0 Å². The second-order valence-electron chi connectivity index (χ2n) is 13.7. The molecule has 0 amide bonds. The zero-order valence-corrected chi connectivity index (χ0v) is 28.6. The lowest BCUT2D eigenvalue weighted by Gasteiger charge is -2.37. The molecule has 0 N–H and O–H groups in total. The highest BCUT2D eigenvalue weighted by Crippen LogP contribution is 2.47. The molecule has 1 unspecified atom stereocenters. The molecule has 2 nitrogen and oxygen atoms in total. The molecule has 1 saturated heterocycles. The fourth-order valence-corrected chi connectivity index (χ4v) is 7.80. The number of rotatable bonds is 9. The molecular formula is C47H45NO. The lowest BCUT2D eigenvalue weighted by Crippen LogP contribution is -2.34. The van der Waals surface area contributed by atoms with E-state index in [1.165, 1.54) is 82.8 Å². The standard InChI is InChI=1S/C47H45NO/c1-2-3-6-13-35-18-20-36(21-19-35)37-22-24-38(25-23-37)45-34-46-44(42-16-9-10-17-43(42)45)30-31-47(49-46,39-14-7-4-8-15-39)40-26-28-41(29-27-40)48-32-11-5-12-33-48/h4,7-10,14-31,34H,2-3,5-6,11-13,32-33H2,1H3. The Hall–Kier alpha value is -5.08. The van der Waals surface area contributed by atoms with Gasteiger partial charge in [0.1, 0.15) is 5.75 Å². The van der Waals surface area contributed by atoms with Gasteiger partial charge < -0.3 is 9.64 Å². The minimum atomic E-state index is -0.735. The van der Waals surface area contributed by atoms with Crippen molar-refractivity contribution in [2.24, 2.45) is 0 Å². The molecule has 0 saturated carbocycles. The van der Waals surface area contributed by atoms with Crippen LogP contribution in [0.4, 0.5) is 5.69 Å². The Labute approximate surface area is 291 Å². The van der Waals surface area contributed by atoms with Gasteiger partial charge in [0.25, 0.3) is 0 Å². The van der Waals surface area contributed by atoms with Crippen LogP contribution in [0.2, 0.25) is 0 Å². The summed E-state index contributed by atoms with van der Waals surface area (Å²) in [7, 11) is 0. The molecule has 2 heteroatoms. The maximum Gasteiger partial charge on any atom is 0.178 e. The topological polar surface area (TPSA) is 12.5 Å². The molecule has 2 aliphatic heterocycles. The maximum atomic E-state index is 7.29. The van der Waals surface area contributed by atoms with Crippen molar-refractivity contribution in [3.8, 4) is 28.0 Å². The summed E-state index contributed by atoms with van der Waals surface area (Å²) in [5.74, 6) is 0.905. The predicted molar refractivity (Wildman–Crippen MR) is 207 cm³/mol. The van der Waals surface area contributed by atoms with Crippen LogP contribution in [-0.2, 0) is 12.0 Å². The summed E-state index contributed by atoms with van der Waals surface area (Å²) < 4.78 is 7.29. The van der Waals surface area contributed by atoms with E-state index in [0.717, 1.165) is 42.0 Å². The zero-order chi connectivity index (χ0) is 33.0. The normalized spacial score (nSPS) is 17.1. The van der Waals surface area contributed by atoms with Crippen molar-refractivity contribution in [1.82, 2.24) is 0 Å². The summed E-state index contributed by atoms with van der Waals surface area (Å²) in [6, 6.07) is 49.0. The van der Waals surface area contributed by atoms with E-state index in [1.54, 1.807) is 0 Å². The molecule has 0 aliphatic carbocycles. The van der Waals surface area contributed by atoms with E-state index in [1.807, 2.05) is 0 Å². The number of nitrogens with zero attached hydrogens (tertiary/aromatic N) is 1. The summed E-state index contributed by atoms with van der Waals surface area (Å²) >= 11 is 0. The second-order valence-corrected chi connectivity index (χ2v) is 13.7. The molecule has 6 aromatic carbocycles. The van der Waals surface area contributed by atoms with Crippen LogP contribution >= 0.6 is 0 Å². The van der Waals surface area contributed by atoms with Gasteiger partial charge in [-0.2, -0.15) is 0 Å². The Kier molecular flexibility index (Phi) is 8.79.